The van der Waals surface area contributed by atoms with Crippen molar-refractivity contribution in [1.29, 1.82) is 0 Å². The molecule has 1 atom stereocenters. The minimum atomic E-state index is -1.60. The van der Waals surface area contributed by atoms with E-state index < -0.39 is 32.0 Å². The second-order valence-corrected chi connectivity index (χ2v) is 13.2. The summed E-state index contributed by atoms with van der Waals surface area (Å²) in [5, 5.41) is 13.2. The van der Waals surface area contributed by atoms with Crippen molar-refractivity contribution in [2.45, 2.75) is 37.5 Å². The number of carbonyl (C=O) groups is 2. The second kappa shape index (κ2) is 11.2. The summed E-state index contributed by atoms with van der Waals surface area (Å²) in [5.41, 5.74) is 1.38. The van der Waals surface area contributed by atoms with Gasteiger partial charge in [0.1, 0.15) is 0 Å². The molecule has 2 rings (SSSR count). The zero-order valence-electron chi connectivity index (χ0n) is 18.2. The average Bonchev–Trinajstić information content (AvgIpc) is 2.71. The van der Waals surface area contributed by atoms with Crippen LogP contribution in [-0.4, -0.2) is 32.9 Å². The Morgan fingerprint density at radius 2 is 1.70 bits per heavy atom. The Kier molecular flexibility index (Phi) is 8.95. The number of anilines is 2. The first kappa shape index (κ1) is 24.0. The molecule has 0 aromatic heterocycles. The van der Waals surface area contributed by atoms with E-state index in [1.807, 2.05) is 6.07 Å². The van der Waals surface area contributed by atoms with Crippen LogP contribution in [0.3, 0.4) is 0 Å². The number of amides is 1. The third-order valence-corrected chi connectivity index (χ3v) is 10.0. The number of ether oxygens (including phenoxy) is 1. The Bertz CT molecular complexity index is 885. The van der Waals surface area contributed by atoms with Gasteiger partial charge in [0.2, 0.25) is 0 Å². The van der Waals surface area contributed by atoms with Gasteiger partial charge >= 0.3 is 186 Å². The standard InChI is InChI=1S/C23H31IN2O4/c1-15(2)13-14-16(3)24(4)26-19-11-8-12-20(27)21(19)22(28)25-18-10-7-6-9-17(18)23(29)30-5/h6-12,15-16,26-27H,13-14H2,1-5H3,(H,25,28)/t16-/m0/s1. The molecule has 0 spiro atoms. The minimum absolute atomic E-state index is 0.104. The zero-order chi connectivity index (χ0) is 22.3. The van der Waals surface area contributed by atoms with E-state index in [1.54, 1.807) is 30.3 Å². The Balaban J connectivity index is 2.24. The molecule has 30 heavy (non-hydrogen) atoms. The van der Waals surface area contributed by atoms with Crippen molar-refractivity contribution in [3.8, 4) is 5.75 Å². The van der Waals surface area contributed by atoms with Gasteiger partial charge in [-0.15, -0.1) is 0 Å². The van der Waals surface area contributed by atoms with Gasteiger partial charge in [-0.05, 0) is 0 Å². The van der Waals surface area contributed by atoms with Crippen LogP contribution in [0.15, 0.2) is 42.5 Å². The van der Waals surface area contributed by atoms with Gasteiger partial charge in [0.15, 0.2) is 0 Å². The Morgan fingerprint density at radius 3 is 2.37 bits per heavy atom. The number of phenols is 1. The van der Waals surface area contributed by atoms with E-state index in [2.05, 4.69) is 34.5 Å². The molecule has 0 saturated heterocycles. The summed E-state index contributed by atoms with van der Waals surface area (Å²) in [7, 11) is 1.29. The fraction of sp³-hybridized carbons (Fsp3) is 0.391. The number of aromatic hydroxyl groups is 1. The SMILES string of the molecule is COC(=O)c1ccccc1NC(=O)c1c(O)cccc1NI(C)[C@@H](C)CCC(C)C. The molecule has 0 radical (unpaired) electrons. The molecule has 2 aromatic rings. The molecule has 1 amide bonds. The van der Waals surface area contributed by atoms with Crippen LogP contribution in [0.2, 0.25) is 0 Å². The number of alkyl halides is 2. The third kappa shape index (κ3) is 6.35. The molecular formula is C23H31IN2O4. The Morgan fingerprint density at radius 1 is 1.03 bits per heavy atom. The fourth-order valence-corrected chi connectivity index (χ4v) is 6.09. The van der Waals surface area contributed by atoms with Gasteiger partial charge in [-0.2, -0.15) is 0 Å². The van der Waals surface area contributed by atoms with Crippen molar-refractivity contribution >= 4 is 43.3 Å². The molecule has 0 bridgehead atoms. The van der Waals surface area contributed by atoms with Crippen molar-refractivity contribution < 1.29 is 19.4 Å². The number of carbonyl (C=O) groups excluding carboxylic acids is 2. The molecule has 0 fully saturated rings. The Hall–Kier alpha value is -2.29. The molecule has 6 nitrogen and oxygen atoms in total. The first-order chi connectivity index (χ1) is 14.2. The molecule has 0 unspecified atom stereocenters. The van der Waals surface area contributed by atoms with E-state index in [0.29, 0.717) is 21.2 Å². The normalized spacial score (nSPS) is 12.3. The van der Waals surface area contributed by atoms with Crippen molar-refractivity contribution in [3.05, 3.63) is 53.6 Å². The maximum absolute atomic E-state index is 13.0. The monoisotopic (exact) mass is 526 g/mol. The van der Waals surface area contributed by atoms with E-state index in [9.17, 15) is 14.7 Å². The van der Waals surface area contributed by atoms with Gasteiger partial charge in [-0.25, -0.2) is 0 Å². The number of methoxy groups -OCH3 is 1. The molecule has 0 aliphatic carbocycles. The average molecular weight is 526 g/mol. The first-order valence-electron chi connectivity index (χ1n) is 9.90. The molecule has 7 heteroatoms. The molecule has 2 aromatic carbocycles. The molecule has 0 heterocycles. The zero-order valence-corrected chi connectivity index (χ0v) is 20.3. The summed E-state index contributed by atoms with van der Waals surface area (Å²) in [6.07, 6.45) is 2.31. The number of phenolic OH excluding ortho intramolecular Hbond substituents is 1. The molecule has 0 saturated carbocycles. The van der Waals surface area contributed by atoms with E-state index in [1.165, 1.54) is 19.6 Å². The van der Waals surface area contributed by atoms with E-state index in [0.717, 1.165) is 6.42 Å². The summed E-state index contributed by atoms with van der Waals surface area (Å²) in [6.45, 7) is 6.69. The van der Waals surface area contributed by atoms with E-state index in [-0.39, 0.29) is 16.9 Å². The van der Waals surface area contributed by atoms with Crippen LogP contribution in [0.25, 0.3) is 0 Å². The predicted octanol–water partition coefficient (Wildman–Crippen LogP) is 5.72. The van der Waals surface area contributed by atoms with Crippen LogP contribution in [0.4, 0.5) is 11.4 Å². The van der Waals surface area contributed by atoms with E-state index >= 15 is 0 Å². The van der Waals surface area contributed by atoms with Crippen LogP contribution in [0, 0.1) is 5.92 Å². The van der Waals surface area contributed by atoms with Crippen LogP contribution in [-0.2, 0) is 4.74 Å². The number of nitrogens with one attached hydrogen (secondary N) is 2. The van der Waals surface area contributed by atoms with Gasteiger partial charge in [0.05, 0.1) is 0 Å². The number of esters is 1. The number of hydrogen-bond donors (Lipinski definition) is 3. The molecule has 0 aliphatic rings. The molecular weight excluding hydrogens is 495 g/mol. The Labute approximate surface area is 186 Å². The molecule has 0 aliphatic heterocycles. The van der Waals surface area contributed by atoms with Gasteiger partial charge < -0.3 is 0 Å². The van der Waals surface area contributed by atoms with Crippen molar-refractivity contribution in [1.82, 2.24) is 0 Å². The van der Waals surface area contributed by atoms with Gasteiger partial charge in [-0.1, -0.05) is 0 Å². The summed E-state index contributed by atoms with van der Waals surface area (Å²) < 4.78 is 8.87. The molecule has 3 N–H and O–H groups in total. The van der Waals surface area contributed by atoms with Crippen molar-refractivity contribution in [3.63, 3.8) is 0 Å². The first-order valence-corrected chi connectivity index (χ1v) is 14.4. The number of para-hydroxylation sites is 1. The van der Waals surface area contributed by atoms with Crippen molar-refractivity contribution in [2.24, 2.45) is 5.92 Å². The number of hydrogen-bond acceptors (Lipinski definition) is 5. The number of halogens is 1. The maximum atomic E-state index is 13.0. The quantitative estimate of drug-likeness (QED) is 0.168. The van der Waals surface area contributed by atoms with Crippen molar-refractivity contribution in [2.75, 3.05) is 20.9 Å². The predicted molar refractivity (Wildman–Crippen MR) is 131 cm³/mol. The van der Waals surface area contributed by atoms with Crippen LogP contribution in [0.1, 0.15) is 54.3 Å². The second-order valence-electron chi connectivity index (χ2n) is 7.55. The molecule has 164 valence electrons. The number of benzene rings is 2. The number of rotatable bonds is 9. The van der Waals surface area contributed by atoms with Gasteiger partial charge in [0, 0.05) is 0 Å². The fourth-order valence-electron chi connectivity index (χ4n) is 2.90. The van der Waals surface area contributed by atoms with Gasteiger partial charge in [-0.3, -0.25) is 0 Å². The van der Waals surface area contributed by atoms with E-state index in [4.69, 9.17) is 4.74 Å². The summed E-state index contributed by atoms with van der Waals surface area (Å²) in [5.74, 6) is -0.464. The summed E-state index contributed by atoms with van der Waals surface area (Å²) in [4.78, 5) is 27.3. The van der Waals surface area contributed by atoms with Gasteiger partial charge in [0.25, 0.3) is 0 Å². The third-order valence-electron chi connectivity index (χ3n) is 4.80. The topological polar surface area (TPSA) is 87.7 Å². The summed E-state index contributed by atoms with van der Waals surface area (Å²) in [6, 6.07) is 11.6. The van der Waals surface area contributed by atoms with Crippen LogP contribution in [0.5, 0.6) is 5.75 Å². The summed E-state index contributed by atoms with van der Waals surface area (Å²) >= 11 is -1.60. The van der Waals surface area contributed by atoms with Crippen LogP contribution < -0.4 is 8.85 Å². The van der Waals surface area contributed by atoms with Crippen LogP contribution >= 0.6 is 20.1 Å².